The molecular formula is C16H23ClN2O. The van der Waals surface area contributed by atoms with Gasteiger partial charge in [0, 0.05) is 23.6 Å². The molecule has 0 aromatic heterocycles. The van der Waals surface area contributed by atoms with E-state index in [9.17, 15) is 0 Å². The Bertz CT molecular complexity index is 472. The van der Waals surface area contributed by atoms with E-state index in [0.29, 0.717) is 6.54 Å². The molecule has 1 aromatic rings. The Morgan fingerprint density at radius 3 is 2.65 bits per heavy atom. The number of rotatable bonds is 2. The van der Waals surface area contributed by atoms with Crippen LogP contribution in [0.3, 0.4) is 0 Å². The van der Waals surface area contributed by atoms with Gasteiger partial charge in [0.1, 0.15) is 5.75 Å². The fourth-order valence-electron chi connectivity index (χ4n) is 3.62. The topological polar surface area (TPSA) is 38.5 Å². The van der Waals surface area contributed by atoms with Crippen LogP contribution in [0.4, 0.5) is 0 Å². The van der Waals surface area contributed by atoms with Gasteiger partial charge in [0.15, 0.2) is 0 Å². The van der Waals surface area contributed by atoms with Gasteiger partial charge < -0.3 is 10.5 Å². The van der Waals surface area contributed by atoms with Crippen LogP contribution in [0.2, 0.25) is 5.02 Å². The van der Waals surface area contributed by atoms with Gasteiger partial charge in [-0.05, 0) is 44.1 Å². The largest absolute Gasteiger partial charge is 0.493 e. The molecule has 20 heavy (non-hydrogen) atoms. The van der Waals surface area contributed by atoms with E-state index in [2.05, 4.69) is 4.90 Å². The van der Waals surface area contributed by atoms with Crippen molar-refractivity contribution in [3.05, 3.63) is 28.8 Å². The molecule has 1 saturated heterocycles. The first-order chi connectivity index (χ1) is 9.76. The van der Waals surface area contributed by atoms with Crippen molar-refractivity contribution in [3.8, 4) is 5.75 Å². The van der Waals surface area contributed by atoms with Crippen LogP contribution in [0, 0.1) is 0 Å². The second kappa shape index (κ2) is 5.92. The maximum atomic E-state index is 6.24. The number of benzene rings is 1. The molecule has 2 aliphatic rings. The summed E-state index contributed by atoms with van der Waals surface area (Å²) in [5.74, 6) is 0.954. The molecule has 1 fully saturated rings. The Morgan fingerprint density at radius 1 is 1.20 bits per heavy atom. The van der Waals surface area contributed by atoms with Gasteiger partial charge in [0.05, 0.1) is 12.1 Å². The van der Waals surface area contributed by atoms with Crippen molar-refractivity contribution in [3.63, 3.8) is 0 Å². The molecule has 0 aliphatic carbocycles. The van der Waals surface area contributed by atoms with Crippen molar-refractivity contribution in [2.45, 2.75) is 37.6 Å². The van der Waals surface area contributed by atoms with Gasteiger partial charge in [-0.1, -0.05) is 24.4 Å². The van der Waals surface area contributed by atoms with Gasteiger partial charge in [0.2, 0.25) is 0 Å². The Balaban J connectivity index is 2.02. The highest BCUT2D eigenvalue weighted by Gasteiger charge is 2.41. The van der Waals surface area contributed by atoms with Crippen LogP contribution in [0.5, 0.6) is 5.75 Å². The van der Waals surface area contributed by atoms with E-state index >= 15 is 0 Å². The first kappa shape index (κ1) is 14.2. The summed E-state index contributed by atoms with van der Waals surface area (Å²) in [5.41, 5.74) is 7.33. The number of hydrogen-bond acceptors (Lipinski definition) is 3. The Labute approximate surface area is 126 Å². The molecule has 3 nitrogen and oxygen atoms in total. The predicted octanol–water partition coefficient (Wildman–Crippen LogP) is 3.15. The fourth-order valence-corrected chi connectivity index (χ4v) is 3.80. The summed E-state index contributed by atoms with van der Waals surface area (Å²) in [6.45, 7) is 3.62. The van der Waals surface area contributed by atoms with Gasteiger partial charge in [-0.3, -0.25) is 4.90 Å². The number of likely N-dealkylation sites (tertiary alicyclic amines) is 1. The highest BCUT2D eigenvalue weighted by atomic mass is 35.5. The summed E-state index contributed by atoms with van der Waals surface area (Å²) in [6.07, 6.45) is 6.14. The van der Waals surface area contributed by atoms with E-state index in [1.807, 2.05) is 18.2 Å². The lowest BCUT2D eigenvalue weighted by Gasteiger charge is -2.46. The molecule has 1 aromatic carbocycles. The standard InChI is InChI=1S/C16H23ClN2O/c17-13-5-6-15-14(11-13)16(12-18,7-10-20-15)19-8-3-1-2-4-9-19/h5-6,11H,1-4,7-10,12,18H2. The molecule has 0 spiro atoms. The van der Waals surface area contributed by atoms with E-state index in [0.717, 1.165) is 36.9 Å². The summed E-state index contributed by atoms with van der Waals surface area (Å²) in [4.78, 5) is 2.58. The summed E-state index contributed by atoms with van der Waals surface area (Å²) in [5, 5.41) is 0.766. The minimum Gasteiger partial charge on any atom is -0.493 e. The monoisotopic (exact) mass is 294 g/mol. The van der Waals surface area contributed by atoms with Gasteiger partial charge in [-0.15, -0.1) is 0 Å². The molecular weight excluding hydrogens is 272 g/mol. The zero-order valence-electron chi connectivity index (χ0n) is 11.9. The zero-order valence-corrected chi connectivity index (χ0v) is 12.7. The van der Waals surface area contributed by atoms with Crippen LogP contribution in [0.1, 0.15) is 37.7 Å². The predicted molar refractivity (Wildman–Crippen MR) is 82.3 cm³/mol. The third-order valence-corrected chi connectivity index (χ3v) is 5.00. The average molecular weight is 295 g/mol. The molecule has 0 amide bonds. The maximum Gasteiger partial charge on any atom is 0.124 e. The first-order valence-electron chi connectivity index (χ1n) is 7.64. The molecule has 2 aliphatic heterocycles. The number of ether oxygens (including phenoxy) is 1. The van der Waals surface area contributed by atoms with E-state index in [1.165, 1.54) is 31.2 Å². The quantitative estimate of drug-likeness (QED) is 0.910. The van der Waals surface area contributed by atoms with Gasteiger partial charge in [-0.2, -0.15) is 0 Å². The minimum absolute atomic E-state index is 0.0944. The summed E-state index contributed by atoms with van der Waals surface area (Å²) < 4.78 is 5.82. The van der Waals surface area contributed by atoms with E-state index in [-0.39, 0.29) is 5.54 Å². The van der Waals surface area contributed by atoms with Crippen molar-refractivity contribution < 1.29 is 4.74 Å². The summed E-state index contributed by atoms with van der Waals surface area (Å²) in [6, 6.07) is 5.93. The lowest BCUT2D eigenvalue weighted by molar-refractivity contribution is 0.0513. The van der Waals surface area contributed by atoms with Gasteiger partial charge in [0.25, 0.3) is 0 Å². The molecule has 0 radical (unpaired) electrons. The van der Waals surface area contributed by atoms with Gasteiger partial charge in [-0.25, -0.2) is 0 Å². The van der Waals surface area contributed by atoms with Crippen molar-refractivity contribution in [2.24, 2.45) is 5.73 Å². The number of nitrogens with two attached hydrogens (primary N) is 1. The summed E-state index contributed by atoms with van der Waals surface area (Å²) in [7, 11) is 0. The maximum absolute atomic E-state index is 6.24. The SMILES string of the molecule is NCC1(N2CCCCCC2)CCOc2ccc(Cl)cc21. The molecule has 2 N–H and O–H groups in total. The van der Waals surface area contributed by atoms with Crippen molar-refractivity contribution >= 4 is 11.6 Å². The van der Waals surface area contributed by atoms with Crippen molar-refractivity contribution in [1.29, 1.82) is 0 Å². The van der Waals surface area contributed by atoms with Crippen molar-refractivity contribution in [2.75, 3.05) is 26.2 Å². The van der Waals surface area contributed by atoms with Crippen LogP contribution in [-0.4, -0.2) is 31.1 Å². The second-order valence-electron chi connectivity index (χ2n) is 5.88. The molecule has 4 heteroatoms. The number of halogens is 1. The average Bonchev–Trinajstić information content (AvgIpc) is 2.76. The molecule has 3 rings (SSSR count). The van der Waals surface area contributed by atoms with E-state index in [4.69, 9.17) is 22.1 Å². The third kappa shape index (κ3) is 2.43. The Hall–Kier alpha value is -0.770. The highest BCUT2D eigenvalue weighted by molar-refractivity contribution is 6.30. The van der Waals surface area contributed by atoms with Crippen LogP contribution >= 0.6 is 11.6 Å². The smallest absolute Gasteiger partial charge is 0.124 e. The Morgan fingerprint density at radius 2 is 1.95 bits per heavy atom. The number of fused-ring (bicyclic) bond motifs is 1. The normalized spacial score (nSPS) is 27.5. The third-order valence-electron chi connectivity index (χ3n) is 4.77. The lowest BCUT2D eigenvalue weighted by Crippen LogP contribution is -2.54. The molecule has 0 saturated carbocycles. The number of nitrogens with zero attached hydrogens (tertiary/aromatic N) is 1. The van der Waals surface area contributed by atoms with Crippen LogP contribution < -0.4 is 10.5 Å². The molecule has 0 bridgehead atoms. The minimum atomic E-state index is -0.0944. The molecule has 110 valence electrons. The van der Waals surface area contributed by atoms with Crippen LogP contribution in [0.25, 0.3) is 0 Å². The lowest BCUT2D eigenvalue weighted by atomic mass is 9.82. The summed E-state index contributed by atoms with van der Waals surface area (Å²) >= 11 is 6.22. The number of hydrogen-bond donors (Lipinski definition) is 1. The van der Waals surface area contributed by atoms with Gasteiger partial charge >= 0.3 is 0 Å². The van der Waals surface area contributed by atoms with Crippen LogP contribution in [0.15, 0.2) is 18.2 Å². The fraction of sp³-hybridized carbons (Fsp3) is 0.625. The van der Waals surface area contributed by atoms with Crippen molar-refractivity contribution in [1.82, 2.24) is 4.90 Å². The molecule has 1 unspecified atom stereocenters. The molecule has 1 atom stereocenters. The highest BCUT2D eigenvalue weighted by Crippen LogP contribution is 2.42. The van der Waals surface area contributed by atoms with E-state index < -0.39 is 0 Å². The van der Waals surface area contributed by atoms with E-state index in [1.54, 1.807) is 0 Å². The zero-order chi connectivity index (χ0) is 14.0. The van der Waals surface area contributed by atoms with Crippen LogP contribution in [-0.2, 0) is 5.54 Å². The first-order valence-corrected chi connectivity index (χ1v) is 8.02. The Kier molecular flexibility index (Phi) is 4.20. The second-order valence-corrected chi connectivity index (χ2v) is 6.31. The molecule has 2 heterocycles.